The van der Waals surface area contributed by atoms with Gasteiger partial charge in [-0.05, 0) is 35.4 Å². The molecule has 0 saturated heterocycles. The van der Waals surface area contributed by atoms with Gasteiger partial charge in [-0.2, -0.15) is 0 Å². The summed E-state index contributed by atoms with van der Waals surface area (Å²) in [6.07, 6.45) is 0. The topological polar surface area (TPSA) is 85.9 Å². The fraction of sp³-hybridized carbons (Fsp3) is 0.133. The number of nitrogens with one attached hydrogen (secondary N) is 2. The maximum atomic E-state index is 13.3. The van der Waals surface area contributed by atoms with Crippen molar-refractivity contribution in [3.63, 3.8) is 0 Å². The second kappa shape index (κ2) is 12.3. The van der Waals surface area contributed by atoms with E-state index in [-0.39, 0.29) is 22.9 Å². The number of anilines is 2. The van der Waals surface area contributed by atoms with E-state index in [1.165, 1.54) is 14.0 Å². The molecular formula is C30H28N2O5. The van der Waals surface area contributed by atoms with Gasteiger partial charge in [0, 0.05) is 18.7 Å². The molecule has 2 N–H and O–H groups in total. The molecule has 4 rings (SSSR count). The van der Waals surface area contributed by atoms with Crippen LogP contribution in [0.25, 0.3) is 0 Å². The molecule has 0 fully saturated rings. The molecule has 0 bridgehead atoms. The molecule has 7 heteroatoms. The SMILES string of the molecule is COc1c(OCc2ccccc2)ccc(C(=O)Nc2cccc(OCc3ccccc3)c2)c1NC(C)=O. The number of hydrogen-bond acceptors (Lipinski definition) is 5. The van der Waals surface area contributed by atoms with Gasteiger partial charge in [-0.1, -0.05) is 66.7 Å². The predicted molar refractivity (Wildman–Crippen MR) is 143 cm³/mol. The maximum absolute atomic E-state index is 13.3. The van der Waals surface area contributed by atoms with E-state index in [1.807, 2.05) is 66.7 Å². The Labute approximate surface area is 216 Å². The average molecular weight is 497 g/mol. The van der Waals surface area contributed by atoms with E-state index < -0.39 is 5.91 Å². The van der Waals surface area contributed by atoms with Crippen LogP contribution in [0.5, 0.6) is 17.2 Å². The molecule has 0 aliphatic carbocycles. The number of hydrogen-bond donors (Lipinski definition) is 2. The molecule has 0 saturated carbocycles. The Bertz CT molecular complexity index is 1360. The number of carbonyl (C=O) groups excluding carboxylic acids is 2. The first-order valence-electron chi connectivity index (χ1n) is 11.8. The van der Waals surface area contributed by atoms with Crippen LogP contribution in [0.2, 0.25) is 0 Å². The lowest BCUT2D eigenvalue weighted by molar-refractivity contribution is -0.114. The van der Waals surface area contributed by atoms with E-state index in [4.69, 9.17) is 14.2 Å². The van der Waals surface area contributed by atoms with Gasteiger partial charge in [0.2, 0.25) is 5.91 Å². The molecule has 0 aromatic heterocycles. The molecule has 4 aromatic rings. The molecular weight excluding hydrogens is 468 g/mol. The molecule has 4 aromatic carbocycles. The zero-order chi connectivity index (χ0) is 26.0. The number of carbonyl (C=O) groups is 2. The Kier molecular flexibility index (Phi) is 8.39. The van der Waals surface area contributed by atoms with Crippen LogP contribution in [0.15, 0.2) is 97.1 Å². The van der Waals surface area contributed by atoms with Crippen molar-refractivity contribution < 1.29 is 23.8 Å². The Morgan fingerprint density at radius 3 is 2.00 bits per heavy atom. The highest BCUT2D eigenvalue weighted by molar-refractivity contribution is 6.11. The van der Waals surface area contributed by atoms with Gasteiger partial charge in [0.15, 0.2) is 11.5 Å². The van der Waals surface area contributed by atoms with Gasteiger partial charge < -0.3 is 24.8 Å². The molecule has 0 aliphatic heterocycles. The van der Waals surface area contributed by atoms with Crippen LogP contribution in [0.1, 0.15) is 28.4 Å². The fourth-order valence-electron chi connectivity index (χ4n) is 3.71. The largest absolute Gasteiger partial charge is 0.491 e. The standard InChI is InChI=1S/C30H28N2O5/c1-21(33)31-28-26(16-17-27(29(28)35-2)37-20-23-12-7-4-8-13-23)30(34)32-24-14-9-15-25(18-24)36-19-22-10-5-3-6-11-22/h3-18H,19-20H2,1-2H3,(H,31,33)(H,32,34). The summed E-state index contributed by atoms with van der Waals surface area (Å²) < 4.78 is 17.4. The molecule has 0 atom stereocenters. The fourth-order valence-corrected chi connectivity index (χ4v) is 3.71. The molecule has 0 spiro atoms. The van der Waals surface area contributed by atoms with Crippen LogP contribution < -0.4 is 24.8 Å². The van der Waals surface area contributed by atoms with Crippen molar-refractivity contribution >= 4 is 23.2 Å². The molecule has 0 unspecified atom stereocenters. The Morgan fingerprint density at radius 2 is 1.38 bits per heavy atom. The van der Waals surface area contributed by atoms with E-state index in [0.717, 1.165) is 11.1 Å². The number of methoxy groups -OCH3 is 1. The van der Waals surface area contributed by atoms with Crippen molar-refractivity contribution in [2.45, 2.75) is 20.1 Å². The van der Waals surface area contributed by atoms with Gasteiger partial charge in [0.1, 0.15) is 24.7 Å². The van der Waals surface area contributed by atoms with Gasteiger partial charge in [-0.15, -0.1) is 0 Å². The lowest BCUT2D eigenvalue weighted by Crippen LogP contribution is -2.18. The van der Waals surface area contributed by atoms with Gasteiger partial charge in [-0.3, -0.25) is 9.59 Å². The highest BCUT2D eigenvalue weighted by atomic mass is 16.5. The Hall–Kier alpha value is -4.78. The van der Waals surface area contributed by atoms with Crippen LogP contribution in [-0.2, 0) is 18.0 Å². The Morgan fingerprint density at radius 1 is 0.730 bits per heavy atom. The number of amides is 2. The van der Waals surface area contributed by atoms with Crippen LogP contribution in [0.3, 0.4) is 0 Å². The quantitative estimate of drug-likeness (QED) is 0.279. The third-order valence-corrected chi connectivity index (χ3v) is 5.45. The van der Waals surface area contributed by atoms with E-state index >= 15 is 0 Å². The summed E-state index contributed by atoms with van der Waals surface area (Å²) in [7, 11) is 1.46. The molecule has 7 nitrogen and oxygen atoms in total. The first-order valence-corrected chi connectivity index (χ1v) is 11.8. The third kappa shape index (κ3) is 6.89. The van der Waals surface area contributed by atoms with Crippen molar-refractivity contribution in [3.8, 4) is 17.2 Å². The van der Waals surface area contributed by atoms with Gasteiger partial charge in [-0.25, -0.2) is 0 Å². The molecule has 188 valence electrons. The first kappa shape index (κ1) is 25.3. The summed E-state index contributed by atoms with van der Waals surface area (Å²) in [6, 6.07) is 29.9. The van der Waals surface area contributed by atoms with E-state index in [0.29, 0.717) is 30.4 Å². The summed E-state index contributed by atoms with van der Waals surface area (Å²) in [5.74, 6) is 0.522. The summed E-state index contributed by atoms with van der Waals surface area (Å²) in [5.41, 5.74) is 3.03. The van der Waals surface area contributed by atoms with Gasteiger partial charge in [0.25, 0.3) is 5.91 Å². The van der Waals surface area contributed by atoms with Gasteiger partial charge in [0.05, 0.1) is 12.7 Å². The number of benzene rings is 4. The predicted octanol–water partition coefficient (Wildman–Crippen LogP) is 6.06. The highest BCUT2D eigenvalue weighted by Gasteiger charge is 2.21. The second-order valence-electron chi connectivity index (χ2n) is 8.23. The van der Waals surface area contributed by atoms with Crippen LogP contribution in [0, 0.1) is 0 Å². The van der Waals surface area contributed by atoms with Crippen molar-refractivity contribution in [2.75, 3.05) is 17.7 Å². The summed E-state index contributed by atoms with van der Waals surface area (Å²) >= 11 is 0. The minimum atomic E-state index is -0.420. The lowest BCUT2D eigenvalue weighted by Gasteiger charge is -2.18. The van der Waals surface area contributed by atoms with Crippen LogP contribution >= 0.6 is 0 Å². The maximum Gasteiger partial charge on any atom is 0.257 e. The highest BCUT2D eigenvalue weighted by Crippen LogP contribution is 2.39. The number of rotatable bonds is 10. The minimum Gasteiger partial charge on any atom is -0.491 e. The van der Waals surface area contributed by atoms with Crippen LogP contribution in [-0.4, -0.2) is 18.9 Å². The summed E-state index contributed by atoms with van der Waals surface area (Å²) in [4.78, 5) is 25.2. The normalized spacial score (nSPS) is 10.3. The van der Waals surface area contributed by atoms with E-state index in [2.05, 4.69) is 10.6 Å². The first-order chi connectivity index (χ1) is 18.0. The summed E-state index contributed by atoms with van der Waals surface area (Å²) in [6.45, 7) is 2.08. The average Bonchev–Trinajstić information content (AvgIpc) is 2.91. The van der Waals surface area contributed by atoms with Crippen LogP contribution in [0.4, 0.5) is 11.4 Å². The van der Waals surface area contributed by atoms with Crippen molar-refractivity contribution in [1.82, 2.24) is 0 Å². The van der Waals surface area contributed by atoms with E-state index in [1.54, 1.807) is 30.3 Å². The van der Waals surface area contributed by atoms with Crippen molar-refractivity contribution in [3.05, 3.63) is 114 Å². The molecule has 0 aliphatic rings. The van der Waals surface area contributed by atoms with Crippen molar-refractivity contribution in [1.29, 1.82) is 0 Å². The van der Waals surface area contributed by atoms with Crippen molar-refractivity contribution in [2.24, 2.45) is 0 Å². The summed E-state index contributed by atoms with van der Waals surface area (Å²) in [5, 5.41) is 5.59. The molecule has 37 heavy (non-hydrogen) atoms. The molecule has 0 radical (unpaired) electrons. The second-order valence-corrected chi connectivity index (χ2v) is 8.23. The minimum absolute atomic E-state index is 0.231. The number of ether oxygens (including phenoxy) is 3. The molecule has 2 amide bonds. The Balaban J connectivity index is 1.53. The zero-order valence-corrected chi connectivity index (χ0v) is 20.7. The smallest absolute Gasteiger partial charge is 0.257 e. The monoisotopic (exact) mass is 496 g/mol. The molecule has 0 heterocycles. The lowest BCUT2D eigenvalue weighted by atomic mass is 10.1. The van der Waals surface area contributed by atoms with Gasteiger partial charge >= 0.3 is 0 Å². The zero-order valence-electron chi connectivity index (χ0n) is 20.7. The third-order valence-electron chi connectivity index (χ3n) is 5.45. The van der Waals surface area contributed by atoms with E-state index in [9.17, 15) is 9.59 Å².